The lowest BCUT2D eigenvalue weighted by Crippen LogP contribution is -2.48. The Hall–Kier alpha value is -4.86. The second-order valence-corrected chi connectivity index (χ2v) is 13.6. The summed E-state index contributed by atoms with van der Waals surface area (Å²) in [6, 6.07) is 8.59. The van der Waals surface area contributed by atoms with Crippen molar-refractivity contribution in [2.45, 2.75) is 45.6 Å². The third-order valence-electron chi connectivity index (χ3n) is 8.60. The van der Waals surface area contributed by atoms with Gasteiger partial charge >= 0.3 is 5.97 Å². The maximum Gasteiger partial charge on any atom is 0.320 e. The minimum atomic E-state index is -0.452. The second-order valence-electron chi connectivity index (χ2n) is 13.6. The Balaban J connectivity index is 0.907. The molecule has 5 aromatic rings. The third kappa shape index (κ3) is 8.07. The number of ether oxygens (including phenoxy) is 2. The summed E-state index contributed by atoms with van der Waals surface area (Å²) in [5.74, 6) is 0.510. The molecular formula is C34H42N12O3. The maximum absolute atomic E-state index is 12.2. The number of esters is 1. The van der Waals surface area contributed by atoms with Gasteiger partial charge < -0.3 is 14.4 Å². The Morgan fingerprint density at radius 1 is 0.918 bits per heavy atom. The number of hydrogen-bond acceptors (Lipinski definition) is 13. The first-order chi connectivity index (χ1) is 23.6. The molecule has 15 nitrogen and oxygen atoms in total. The summed E-state index contributed by atoms with van der Waals surface area (Å²) in [5, 5.41) is 12.8. The number of morpholine rings is 1. The zero-order chi connectivity index (χ0) is 34.0. The lowest BCUT2D eigenvalue weighted by Gasteiger charge is -2.34. The zero-order valence-corrected chi connectivity index (χ0v) is 28.4. The molecule has 49 heavy (non-hydrogen) atoms. The number of piperazine rings is 1. The van der Waals surface area contributed by atoms with Gasteiger partial charge in [0.25, 0.3) is 0 Å². The number of hydrogen-bond donors (Lipinski definition) is 0. The normalized spacial score (nSPS) is 17.9. The molecule has 2 saturated heterocycles. The number of carbonyl (C=O) groups excluding carboxylic acids is 1. The maximum atomic E-state index is 12.2. The Labute approximate surface area is 284 Å². The summed E-state index contributed by atoms with van der Waals surface area (Å²) in [6.07, 6.45) is 8.98. The van der Waals surface area contributed by atoms with Crippen LogP contribution >= 0.6 is 0 Å². The lowest BCUT2D eigenvalue weighted by atomic mass is 10.1. The van der Waals surface area contributed by atoms with E-state index in [2.05, 4.69) is 64.3 Å². The van der Waals surface area contributed by atoms with E-state index >= 15 is 0 Å². The molecule has 4 aromatic heterocycles. The van der Waals surface area contributed by atoms with Crippen molar-refractivity contribution >= 4 is 23.2 Å². The molecule has 0 aliphatic carbocycles. The number of aryl methyl sites for hydroxylation is 1. The molecule has 0 radical (unpaired) electrons. The van der Waals surface area contributed by atoms with Gasteiger partial charge in [-0.15, -0.1) is 5.10 Å². The predicted octanol–water partition coefficient (Wildman–Crippen LogP) is 2.44. The standard InChI is InChI=1S/C34H42N12O3/c1-34(2,3)49-30(47)23-44-11-9-43(10-12-44)19-24-5-7-25(8-6-24)26-15-36-33(37-16-26)45-13-14-48-28(21-45)22-46-32-31(40-41-46)39-29(18-35-32)27-17-38-42(4)20-27/h5-8,15-18,20,28H,9-14,19,21-23H2,1-4H3/t28-/m0/s1. The summed E-state index contributed by atoms with van der Waals surface area (Å²) >= 11 is 0. The van der Waals surface area contributed by atoms with Gasteiger partial charge in [-0.05, 0) is 31.9 Å². The smallest absolute Gasteiger partial charge is 0.320 e. The SMILES string of the molecule is Cn1cc(-c2cnc3c(nnn3C[C@@H]3CN(c4ncc(-c5ccc(CN6CCN(CC(=O)OC(C)(C)C)CC6)cc5)cn4)CCO3)n2)cn1. The first kappa shape index (κ1) is 32.7. The fourth-order valence-electron chi connectivity index (χ4n) is 6.14. The number of aromatic nitrogens is 9. The van der Waals surface area contributed by atoms with E-state index < -0.39 is 5.60 Å². The monoisotopic (exact) mass is 666 g/mol. The molecule has 1 aromatic carbocycles. The van der Waals surface area contributed by atoms with Crippen molar-refractivity contribution in [1.82, 2.24) is 54.5 Å². The van der Waals surface area contributed by atoms with Crippen molar-refractivity contribution < 1.29 is 14.3 Å². The molecule has 2 fully saturated rings. The Morgan fingerprint density at radius 3 is 2.39 bits per heavy atom. The molecule has 2 aliphatic heterocycles. The van der Waals surface area contributed by atoms with E-state index in [9.17, 15) is 4.79 Å². The first-order valence-corrected chi connectivity index (χ1v) is 16.6. The highest BCUT2D eigenvalue weighted by Gasteiger charge is 2.25. The van der Waals surface area contributed by atoms with Crippen molar-refractivity contribution in [3.8, 4) is 22.4 Å². The zero-order valence-electron chi connectivity index (χ0n) is 28.4. The van der Waals surface area contributed by atoms with Crippen LogP contribution in [0.25, 0.3) is 33.7 Å². The van der Waals surface area contributed by atoms with Crippen molar-refractivity contribution in [2.75, 3.05) is 57.3 Å². The summed E-state index contributed by atoms with van der Waals surface area (Å²) < 4.78 is 15.0. The fourth-order valence-corrected chi connectivity index (χ4v) is 6.14. The van der Waals surface area contributed by atoms with Gasteiger partial charge in [-0.25, -0.2) is 24.6 Å². The first-order valence-electron chi connectivity index (χ1n) is 16.6. The summed E-state index contributed by atoms with van der Waals surface area (Å²) in [4.78, 5) is 37.6. The quantitative estimate of drug-likeness (QED) is 0.213. The van der Waals surface area contributed by atoms with E-state index in [1.165, 1.54) is 5.56 Å². The highest BCUT2D eigenvalue weighted by molar-refractivity contribution is 5.72. The van der Waals surface area contributed by atoms with Crippen LogP contribution in [-0.2, 0) is 34.4 Å². The molecule has 15 heteroatoms. The lowest BCUT2D eigenvalue weighted by molar-refractivity contribution is -0.156. The van der Waals surface area contributed by atoms with Gasteiger partial charge in [-0.2, -0.15) is 5.10 Å². The minimum absolute atomic E-state index is 0.137. The van der Waals surface area contributed by atoms with Crippen molar-refractivity contribution in [3.63, 3.8) is 0 Å². The van der Waals surface area contributed by atoms with Crippen LogP contribution in [0, 0.1) is 0 Å². The molecule has 0 amide bonds. The molecule has 0 bridgehead atoms. The Morgan fingerprint density at radius 2 is 1.67 bits per heavy atom. The predicted molar refractivity (Wildman–Crippen MR) is 182 cm³/mol. The molecule has 1 atom stereocenters. The van der Waals surface area contributed by atoms with Crippen LogP contribution in [0.2, 0.25) is 0 Å². The van der Waals surface area contributed by atoms with Crippen molar-refractivity contribution in [1.29, 1.82) is 0 Å². The molecule has 0 unspecified atom stereocenters. The molecular weight excluding hydrogens is 624 g/mol. The topological polar surface area (TPSA) is 145 Å². The van der Waals surface area contributed by atoms with Gasteiger partial charge in [0.2, 0.25) is 11.6 Å². The number of benzene rings is 1. The minimum Gasteiger partial charge on any atom is -0.459 e. The second kappa shape index (κ2) is 13.9. The largest absolute Gasteiger partial charge is 0.459 e. The highest BCUT2D eigenvalue weighted by atomic mass is 16.6. The number of anilines is 1. The summed E-state index contributed by atoms with van der Waals surface area (Å²) in [5.41, 5.74) is 5.51. The van der Waals surface area contributed by atoms with Crippen molar-refractivity contribution in [2.24, 2.45) is 7.05 Å². The molecule has 0 spiro atoms. The van der Waals surface area contributed by atoms with Gasteiger partial charge in [0.1, 0.15) is 5.60 Å². The number of rotatable bonds is 9. The summed E-state index contributed by atoms with van der Waals surface area (Å²) in [6.45, 7) is 12.8. The van der Waals surface area contributed by atoms with Gasteiger partial charge in [-0.1, -0.05) is 29.5 Å². The molecule has 6 heterocycles. The highest BCUT2D eigenvalue weighted by Crippen LogP contribution is 2.23. The Bertz CT molecular complexity index is 1880. The van der Waals surface area contributed by atoms with Gasteiger partial charge in [0.05, 0.1) is 43.9 Å². The van der Waals surface area contributed by atoms with Crippen LogP contribution in [0.3, 0.4) is 0 Å². The molecule has 7 rings (SSSR count). The van der Waals surface area contributed by atoms with E-state index in [1.54, 1.807) is 21.8 Å². The van der Waals surface area contributed by atoms with E-state index in [-0.39, 0.29) is 12.1 Å². The third-order valence-corrected chi connectivity index (χ3v) is 8.60. The fraction of sp³-hybridized carbons (Fsp3) is 0.471. The molecule has 2 aliphatic rings. The number of fused-ring (bicyclic) bond motifs is 1. The van der Waals surface area contributed by atoms with Crippen LogP contribution in [0.5, 0.6) is 0 Å². The number of nitrogens with zero attached hydrogens (tertiary/aromatic N) is 12. The van der Waals surface area contributed by atoms with E-state index in [4.69, 9.17) is 19.4 Å². The van der Waals surface area contributed by atoms with Gasteiger partial charge in [-0.3, -0.25) is 19.3 Å². The average molecular weight is 667 g/mol. The van der Waals surface area contributed by atoms with Crippen LogP contribution in [-0.4, -0.2) is 125 Å². The molecule has 0 N–H and O–H groups in total. The molecule has 0 saturated carbocycles. The molecule has 256 valence electrons. The van der Waals surface area contributed by atoms with Crippen molar-refractivity contribution in [3.05, 3.63) is 60.8 Å². The van der Waals surface area contributed by atoms with Crippen LogP contribution in [0.15, 0.2) is 55.2 Å². The van der Waals surface area contributed by atoms with E-state index in [0.717, 1.165) is 49.4 Å². The van der Waals surface area contributed by atoms with Crippen LogP contribution in [0.4, 0.5) is 5.95 Å². The van der Waals surface area contributed by atoms with Crippen LogP contribution in [0.1, 0.15) is 26.3 Å². The van der Waals surface area contributed by atoms with Gasteiger partial charge in [0.15, 0.2) is 5.65 Å². The van der Waals surface area contributed by atoms with Crippen LogP contribution < -0.4 is 4.90 Å². The Kier molecular flexibility index (Phi) is 9.29. The van der Waals surface area contributed by atoms with E-state index in [1.807, 2.05) is 46.4 Å². The van der Waals surface area contributed by atoms with E-state index in [0.29, 0.717) is 55.7 Å². The summed E-state index contributed by atoms with van der Waals surface area (Å²) in [7, 11) is 1.86. The average Bonchev–Trinajstić information content (AvgIpc) is 3.71. The van der Waals surface area contributed by atoms with Gasteiger partial charge in [0, 0.05) is 82.6 Å². The number of carbonyl (C=O) groups is 1.